The molecule has 0 radical (unpaired) electrons. The van der Waals surface area contributed by atoms with E-state index >= 15 is 0 Å². The van der Waals surface area contributed by atoms with Gasteiger partial charge in [-0.25, -0.2) is 0 Å². The van der Waals surface area contributed by atoms with Gasteiger partial charge in [0.25, 0.3) is 0 Å². The zero-order valence-corrected chi connectivity index (χ0v) is 9.68. The molecule has 0 aliphatic rings. The van der Waals surface area contributed by atoms with Gasteiger partial charge in [-0.2, -0.15) is 5.26 Å². The molecule has 0 bridgehead atoms. The van der Waals surface area contributed by atoms with Gasteiger partial charge in [-0.15, -0.1) is 0 Å². The van der Waals surface area contributed by atoms with E-state index in [9.17, 15) is 4.79 Å². The molecule has 0 amide bonds. The van der Waals surface area contributed by atoms with Crippen LogP contribution in [-0.4, -0.2) is 22.1 Å². The molecule has 0 saturated carbocycles. The molecule has 5 heteroatoms. The molecule has 1 unspecified atom stereocenters. The van der Waals surface area contributed by atoms with Crippen LogP contribution in [0.2, 0.25) is 0 Å². The average molecular weight is 233 g/mol. The summed E-state index contributed by atoms with van der Waals surface area (Å²) in [5.41, 5.74) is 1.24. The van der Waals surface area contributed by atoms with Crippen LogP contribution in [0.1, 0.15) is 31.7 Å². The Balaban J connectivity index is 2.48. The summed E-state index contributed by atoms with van der Waals surface area (Å²) in [5.74, 6) is -0.781. The number of carboxylic acid groups (broad SMARTS) is 1. The van der Waals surface area contributed by atoms with E-state index in [1.54, 1.807) is 18.5 Å². The first-order valence-electron chi connectivity index (χ1n) is 5.46. The first-order valence-corrected chi connectivity index (χ1v) is 5.46. The number of aliphatic carboxylic acids is 1. The van der Waals surface area contributed by atoms with Crippen LogP contribution in [0.15, 0.2) is 18.5 Å². The molecule has 1 aromatic heterocycles. The van der Waals surface area contributed by atoms with Gasteiger partial charge in [-0.1, -0.05) is 0 Å². The third-order valence-electron chi connectivity index (χ3n) is 2.37. The molecule has 0 spiro atoms. The van der Waals surface area contributed by atoms with Crippen molar-refractivity contribution in [3.05, 3.63) is 24.0 Å². The SMILES string of the molecule is CC(CCCC(=O)O)Nc1cnccc1C#N. The zero-order chi connectivity index (χ0) is 12.7. The Hall–Kier alpha value is -2.09. The van der Waals surface area contributed by atoms with Crippen LogP contribution < -0.4 is 5.32 Å². The van der Waals surface area contributed by atoms with E-state index in [1.807, 2.05) is 6.92 Å². The van der Waals surface area contributed by atoms with Crippen molar-refractivity contribution in [2.24, 2.45) is 0 Å². The van der Waals surface area contributed by atoms with Gasteiger partial charge in [0.05, 0.1) is 17.4 Å². The maximum Gasteiger partial charge on any atom is 0.303 e. The summed E-state index contributed by atoms with van der Waals surface area (Å²) in [5, 5.41) is 20.6. The number of anilines is 1. The highest BCUT2D eigenvalue weighted by Gasteiger charge is 2.07. The van der Waals surface area contributed by atoms with Crippen molar-refractivity contribution in [1.82, 2.24) is 4.98 Å². The second-order valence-electron chi connectivity index (χ2n) is 3.86. The van der Waals surface area contributed by atoms with Crippen LogP contribution in [0, 0.1) is 11.3 Å². The molecule has 0 aliphatic carbocycles. The fraction of sp³-hybridized carbons (Fsp3) is 0.417. The van der Waals surface area contributed by atoms with Gasteiger partial charge in [-0.3, -0.25) is 9.78 Å². The number of pyridine rings is 1. The van der Waals surface area contributed by atoms with Gasteiger partial charge in [0, 0.05) is 18.7 Å². The first-order chi connectivity index (χ1) is 8.13. The summed E-state index contributed by atoms with van der Waals surface area (Å²) < 4.78 is 0. The van der Waals surface area contributed by atoms with Crippen molar-refractivity contribution in [2.75, 3.05) is 5.32 Å². The Bertz CT molecular complexity index is 426. The zero-order valence-electron chi connectivity index (χ0n) is 9.68. The highest BCUT2D eigenvalue weighted by Crippen LogP contribution is 2.15. The Morgan fingerprint density at radius 1 is 1.71 bits per heavy atom. The van der Waals surface area contributed by atoms with E-state index in [0.29, 0.717) is 17.7 Å². The Morgan fingerprint density at radius 3 is 3.12 bits per heavy atom. The molecular formula is C12H15N3O2. The fourth-order valence-corrected chi connectivity index (χ4v) is 1.50. The molecule has 0 aromatic carbocycles. The number of rotatable bonds is 6. The van der Waals surface area contributed by atoms with E-state index in [-0.39, 0.29) is 12.5 Å². The van der Waals surface area contributed by atoms with Crippen molar-refractivity contribution in [1.29, 1.82) is 5.26 Å². The fourth-order valence-electron chi connectivity index (χ4n) is 1.50. The highest BCUT2D eigenvalue weighted by molar-refractivity contribution is 5.66. The highest BCUT2D eigenvalue weighted by atomic mass is 16.4. The number of hydrogen-bond donors (Lipinski definition) is 2. The molecule has 1 atom stereocenters. The Kier molecular flexibility index (Phi) is 4.95. The molecule has 17 heavy (non-hydrogen) atoms. The Labute approximate surface area is 100 Å². The minimum absolute atomic E-state index is 0.116. The van der Waals surface area contributed by atoms with Gasteiger partial charge in [0.1, 0.15) is 6.07 Å². The molecule has 1 rings (SSSR count). The quantitative estimate of drug-likeness (QED) is 0.784. The van der Waals surface area contributed by atoms with Crippen molar-refractivity contribution < 1.29 is 9.90 Å². The minimum atomic E-state index is -0.781. The predicted octanol–water partition coefficient (Wildman–Crippen LogP) is 2.01. The number of carbonyl (C=O) groups is 1. The van der Waals surface area contributed by atoms with E-state index in [2.05, 4.69) is 16.4 Å². The van der Waals surface area contributed by atoms with Gasteiger partial charge >= 0.3 is 5.97 Å². The van der Waals surface area contributed by atoms with Crippen LogP contribution in [0.5, 0.6) is 0 Å². The summed E-state index contributed by atoms with van der Waals surface area (Å²) in [6.07, 6.45) is 4.70. The number of nitrogens with one attached hydrogen (secondary N) is 1. The lowest BCUT2D eigenvalue weighted by Crippen LogP contribution is -2.16. The van der Waals surface area contributed by atoms with Crippen molar-refractivity contribution >= 4 is 11.7 Å². The van der Waals surface area contributed by atoms with Gasteiger partial charge in [0.15, 0.2) is 0 Å². The molecule has 2 N–H and O–H groups in total. The lowest BCUT2D eigenvalue weighted by atomic mass is 10.1. The van der Waals surface area contributed by atoms with E-state index in [1.165, 1.54) is 0 Å². The third-order valence-corrected chi connectivity index (χ3v) is 2.37. The molecule has 1 aromatic rings. The number of aromatic nitrogens is 1. The number of nitrogens with zero attached hydrogens (tertiary/aromatic N) is 2. The number of carboxylic acids is 1. The largest absolute Gasteiger partial charge is 0.481 e. The molecular weight excluding hydrogens is 218 g/mol. The molecule has 0 fully saturated rings. The van der Waals surface area contributed by atoms with E-state index in [0.717, 1.165) is 6.42 Å². The van der Waals surface area contributed by atoms with Gasteiger partial charge < -0.3 is 10.4 Å². The van der Waals surface area contributed by atoms with E-state index < -0.39 is 5.97 Å². The first kappa shape index (κ1) is 13.0. The number of hydrogen-bond acceptors (Lipinski definition) is 4. The lowest BCUT2D eigenvalue weighted by molar-refractivity contribution is -0.137. The van der Waals surface area contributed by atoms with Gasteiger partial charge in [-0.05, 0) is 25.8 Å². The topological polar surface area (TPSA) is 86.0 Å². The van der Waals surface area contributed by atoms with Crippen LogP contribution in [0.25, 0.3) is 0 Å². The summed E-state index contributed by atoms with van der Waals surface area (Å²) in [6, 6.07) is 3.84. The van der Waals surface area contributed by atoms with Gasteiger partial charge in [0.2, 0.25) is 0 Å². The predicted molar refractivity (Wildman–Crippen MR) is 63.5 cm³/mol. The smallest absolute Gasteiger partial charge is 0.303 e. The van der Waals surface area contributed by atoms with Crippen molar-refractivity contribution in [3.8, 4) is 6.07 Å². The minimum Gasteiger partial charge on any atom is -0.481 e. The maximum atomic E-state index is 10.4. The third kappa shape index (κ3) is 4.51. The number of nitriles is 1. The monoisotopic (exact) mass is 233 g/mol. The molecule has 5 nitrogen and oxygen atoms in total. The van der Waals surface area contributed by atoms with Crippen molar-refractivity contribution in [3.63, 3.8) is 0 Å². The van der Waals surface area contributed by atoms with Crippen LogP contribution in [0.4, 0.5) is 5.69 Å². The summed E-state index contributed by atoms with van der Waals surface area (Å²) in [4.78, 5) is 14.3. The average Bonchev–Trinajstić information content (AvgIpc) is 2.29. The standard InChI is InChI=1S/C12H15N3O2/c1-9(3-2-4-12(16)17)15-11-8-14-6-5-10(11)7-13/h5-6,8-9,15H,2-4H2,1H3,(H,16,17). The Morgan fingerprint density at radius 2 is 2.47 bits per heavy atom. The van der Waals surface area contributed by atoms with Crippen LogP contribution in [0.3, 0.4) is 0 Å². The second kappa shape index (κ2) is 6.48. The molecule has 1 heterocycles. The van der Waals surface area contributed by atoms with Crippen molar-refractivity contribution in [2.45, 2.75) is 32.2 Å². The van der Waals surface area contributed by atoms with Crippen LogP contribution in [-0.2, 0) is 4.79 Å². The van der Waals surface area contributed by atoms with E-state index in [4.69, 9.17) is 10.4 Å². The molecule has 0 aliphatic heterocycles. The maximum absolute atomic E-state index is 10.4. The summed E-state index contributed by atoms with van der Waals surface area (Å²) in [6.45, 7) is 1.95. The second-order valence-corrected chi connectivity index (χ2v) is 3.86. The normalized spacial score (nSPS) is 11.5. The summed E-state index contributed by atoms with van der Waals surface area (Å²) >= 11 is 0. The summed E-state index contributed by atoms with van der Waals surface area (Å²) in [7, 11) is 0. The molecule has 0 saturated heterocycles. The molecule has 90 valence electrons. The lowest BCUT2D eigenvalue weighted by Gasteiger charge is -2.15. The van der Waals surface area contributed by atoms with Crippen LogP contribution >= 0.6 is 0 Å².